The van der Waals surface area contributed by atoms with Crippen LogP contribution in [0.1, 0.15) is 190 Å². The Morgan fingerprint density at radius 1 is 0.394 bits per heavy atom. The number of nitrogens with zero attached hydrogens (tertiary/aromatic N) is 6. The molecule has 6 aromatic rings. The summed E-state index contributed by atoms with van der Waals surface area (Å²) in [5.41, 5.74) is 0.675. The van der Waals surface area contributed by atoms with Crippen LogP contribution in [0.4, 0.5) is 0 Å². The lowest BCUT2D eigenvalue weighted by molar-refractivity contribution is 0.0911. The van der Waals surface area contributed by atoms with E-state index in [2.05, 4.69) is 61.8 Å². The van der Waals surface area contributed by atoms with Crippen molar-refractivity contribution in [3.8, 4) is 0 Å². The Morgan fingerprint density at radius 3 is 1.11 bits per heavy atom. The van der Waals surface area contributed by atoms with Crippen LogP contribution in [-0.4, -0.2) is 65.3 Å². The molecule has 6 aromatic heterocycles. The fourth-order valence-corrected chi connectivity index (χ4v) is 12.1. The molecule has 0 saturated heterocycles. The smallest absolute Gasteiger partial charge is 0.271 e. The van der Waals surface area contributed by atoms with Crippen LogP contribution < -0.4 is 31.9 Å². The Kier molecular flexibility index (Phi) is 15.2. The number of hydrogen-bond acceptors (Lipinski definition) is 18. The van der Waals surface area contributed by atoms with Crippen molar-refractivity contribution in [1.29, 1.82) is 0 Å². The van der Waals surface area contributed by atoms with Crippen molar-refractivity contribution in [3.05, 3.63) is 96.5 Å². The number of thiazole rings is 6. The molecule has 0 aromatic carbocycles. The van der Waals surface area contributed by atoms with Crippen LogP contribution >= 0.6 is 68.0 Å². The maximum atomic E-state index is 13.6. The van der Waals surface area contributed by atoms with Gasteiger partial charge in [0.1, 0.15) is 62.6 Å². The standard InChI is InChI=1S/C42H48N12O6S6/c1-16(2)28-40-44-11-26(66-40)35(59)47-21(9)39-49-25(13-62-39)34(58)53-29(17(3)4)41-50-22(14-63-41)31(55)45-19(7)37-43-10-27(65-37)36(60)54-30(18(5)6)42-51-23(15-64-42)32(56)46-20(8)38-48-24(12-61-38)33(57)52-28/h10-21,28-30H,1-9H3,(H,45,55)(H,46,56)(H,47,59)(H,52,57)(H,53,58)(H,54,60)/t19-,20-,21-,28-,29-,30-/m0/s1. The highest BCUT2D eigenvalue weighted by atomic mass is 32.1. The summed E-state index contributed by atoms with van der Waals surface area (Å²) in [4.78, 5) is 109. The lowest BCUT2D eigenvalue weighted by atomic mass is 10.1. The van der Waals surface area contributed by atoms with Gasteiger partial charge in [-0.2, -0.15) is 0 Å². The van der Waals surface area contributed by atoms with E-state index >= 15 is 0 Å². The molecule has 1 aliphatic heterocycles. The lowest BCUT2D eigenvalue weighted by Gasteiger charge is -2.20. The molecule has 12 bridgehead atoms. The summed E-state index contributed by atoms with van der Waals surface area (Å²) < 4.78 is 0. The minimum atomic E-state index is -0.564. The number of nitrogens with one attached hydrogen (secondary N) is 6. The largest absolute Gasteiger partial charge is 0.342 e. The highest BCUT2D eigenvalue weighted by Gasteiger charge is 2.30. The van der Waals surface area contributed by atoms with Crippen LogP contribution in [0, 0.1) is 17.8 Å². The van der Waals surface area contributed by atoms with Gasteiger partial charge in [0, 0.05) is 21.5 Å². The van der Waals surface area contributed by atoms with Crippen molar-refractivity contribution in [2.24, 2.45) is 17.8 Å². The number of fused-ring (bicyclic) bond motifs is 12. The molecule has 18 nitrogen and oxygen atoms in total. The quantitative estimate of drug-likeness (QED) is 0.100. The van der Waals surface area contributed by atoms with E-state index in [1.165, 1.54) is 57.7 Å². The van der Waals surface area contributed by atoms with E-state index < -0.39 is 59.9 Å². The molecule has 0 aliphatic carbocycles. The van der Waals surface area contributed by atoms with Crippen LogP contribution in [0.25, 0.3) is 0 Å². The third-order valence-electron chi connectivity index (χ3n) is 10.3. The number of hydrogen-bond donors (Lipinski definition) is 6. The Balaban J connectivity index is 1.14. The zero-order valence-corrected chi connectivity index (χ0v) is 42.1. The van der Waals surface area contributed by atoms with E-state index in [1.54, 1.807) is 42.3 Å². The van der Waals surface area contributed by atoms with Gasteiger partial charge in [-0.25, -0.2) is 29.9 Å². The summed E-state index contributed by atoms with van der Waals surface area (Å²) in [6.07, 6.45) is 2.92. The number of aromatic nitrogens is 6. The minimum absolute atomic E-state index is 0.0886. The van der Waals surface area contributed by atoms with Gasteiger partial charge >= 0.3 is 0 Å². The van der Waals surface area contributed by atoms with E-state index in [4.69, 9.17) is 0 Å². The predicted octanol–water partition coefficient (Wildman–Crippen LogP) is 7.59. The first-order chi connectivity index (χ1) is 31.4. The molecular weight excluding hydrogens is 961 g/mol. The van der Waals surface area contributed by atoms with Crippen LogP contribution in [0.5, 0.6) is 0 Å². The molecule has 348 valence electrons. The van der Waals surface area contributed by atoms with Gasteiger partial charge in [0.05, 0.1) is 48.6 Å². The van der Waals surface area contributed by atoms with Crippen molar-refractivity contribution < 1.29 is 28.8 Å². The molecular formula is C42H48N12O6S6. The first-order valence-corrected chi connectivity index (χ1v) is 26.1. The van der Waals surface area contributed by atoms with E-state index in [0.717, 1.165) is 22.7 Å². The lowest BCUT2D eigenvalue weighted by Crippen LogP contribution is -2.32. The highest BCUT2D eigenvalue weighted by molar-refractivity contribution is 7.14. The van der Waals surface area contributed by atoms with Crippen molar-refractivity contribution in [3.63, 3.8) is 0 Å². The maximum absolute atomic E-state index is 13.6. The summed E-state index contributed by atoms with van der Waals surface area (Å²) in [6.45, 7) is 16.9. The van der Waals surface area contributed by atoms with Crippen molar-refractivity contribution in [2.75, 3.05) is 0 Å². The Bertz CT molecular complexity index is 2460. The molecule has 0 radical (unpaired) electrons. The third kappa shape index (κ3) is 11.1. The molecule has 0 unspecified atom stereocenters. The predicted molar refractivity (Wildman–Crippen MR) is 255 cm³/mol. The monoisotopic (exact) mass is 1010 g/mol. The first-order valence-electron chi connectivity index (χ1n) is 20.9. The van der Waals surface area contributed by atoms with E-state index in [-0.39, 0.29) is 52.3 Å². The topological polar surface area (TPSA) is 252 Å². The summed E-state index contributed by atoms with van der Waals surface area (Å²) in [7, 11) is 0. The van der Waals surface area contributed by atoms with Gasteiger partial charge in [0.25, 0.3) is 35.4 Å². The van der Waals surface area contributed by atoms with Crippen LogP contribution in [0.3, 0.4) is 0 Å². The maximum Gasteiger partial charge on any atom is 0.271 e. The van der Waals surface area contributed by atoms with Crippen molar-refractivity contribution in [1.82, 2.24) is 61.8 Å². The van der Waals surface area contributed by atoms with Crippen LogP contribution in [0.15, 0.2) is 33.9 Å². The number of carbonyl (C=O) groups excluding carboxylic acids is 6. The molecule has 7 heterocycles. The molecule has 24 heteroatoms. The second kappa shape index (κ2) is 20.6. The second-order valence-electron chi connectivity index (χ2n) is 16.6. The van der Waals surface area contributed by atoms with E-state index in [1.807, 2.05) is 41.5 Å². The first kappa shape index (κ1) is 48.5. The number of carbonyl (C=O) groups is 6. The molecule has 6 atom stereocenters. The Hall–Kier alpha value is -5.40. The summed E-state index contributed by atoms with van der Waals surface area (Å²) in [5.74, 6) is -2.81. The van der Waals surface area contributed by atoms with Gasteiger partial charge < -0.3 is 31.9 Å². The van der Waals surface area contributed by atoms with Gasteiger partial charge in [0.2, 0.25) is 0 Å². The Labute approximate surface area is 404 Å². The van der Waals surface area contributed by atoms with Crippen LogP contribution in [0.2, 0.25) is 0 Å². The molecule has 66 heavy (non-hydrogen) atoms. The normalized spacial score (nSPS) is 21.8. The van der Waals surface area contributed by atoms with Gasteiger partial charge in [-0.15, -0.1) is 68.0 Å². The second-order valence-corrected chi connectivity index (χ2v) is 22.3. The summed E-state index contributed by atoms with van der Waals surface area (Å²) in [5, 5.41) is 27.5. The SMILES string of the molecule is CC(C)[C@@H]1NC(=O)c2csc(n2)[C@H](C)NC(=O)c2cnc(s2)[C@H](C(C)C)NC(=O)c2csc(n2)[C@H](C)NC(=O)c2csc(n2)[C@H](C(C)C)NC(=O)c2cnc(s2)[C@H](C)NC(=O)c2csc1n2. The van der Waals surface area contributed by atoms with Gasteiger partial charge in [-0.3, -0.25) is 28.8 Å². The summed E-state index contributed by atoms with van der Waals surface area (Å²) >= 11 is 7.25. The van der Waals surface area contributed by atoms with Gasteiger partial charge in [0.15, 0.2) is 0 Å². The molecule has 6 amide bonds. The fraction of sp³-hybridized carbons (Fsp3) is 0.429. The van der Waals surface area contributed by atoms with E-state index in [9.17, 15) is 28.8 Å². The molecule has 0 fully saturated rings. The summed E-state index contributed by atoms with van der Waals surface area (Å²) in [6, 6.07) is -3.27. The van der Waals surface area contributed by atoms with Gasteiger partial charge in [-0.05, 0) is 38.5 Å². The zero-order chi connectivity index (χ0) is 47.6. The third-order valence-corrected chi connectivity index (χ3v) is 16.5. The fourth-order valence-electron chi connectivity index (χ4n) is 6.56. The number of rotatable bonds is 3. The average molecular weight is 1010 g/mol. The van der Waals surface area contributed by atoms with Gasteiger partial charge in [-0.1, -0.05) is 41.5 Å². The van der Waals surface area contributed by atoms with Crippen molar-refractivity contribution >= 4 is 103 Å². The minimum Gasteiger partial charge on any atom is -0.342 e. The molecule has 1 aliphatic rings. The van der Waals surface area contributed by atoms with Crippen LogP contribution in [-0.2, 0) is 0 Å². The van der Waals surface area contributed by atoms with E-state index in [0.29, 0.717) is 39.8 Å². The highest BCUT2D eigenvalue weighted by Crippen LogP contribution is 2.31. The molecule has 0 spiro atoms. The number of amides is 6. The Morgan fingerprint density at radius 2 is 0.682 bits per heavy atom. The molecule has 6 N–H and O–H groups in total. The zero-order valence-electron chi connectivity index (χ0n) is 37.2. The molecule has 7 rings (SSSR count). The average Bonchev–Trinajstić information content (AvgIpc) is 4.13. The van der Waals surface area contributed by atoms with Crippen molar-refractivity contribution in [2.45, 2.75) is 98.6 Å². The molecule has 0 saturated carbocycles.